The Hall–Kier alpha value is -2.40. The number of carbonyl (C=O) groups excluding carboxylic acids is 1. The van der Waals surface area contributed by atoms with Gasteiger partial charge in [0.2, 0.25) is 5.60 Å². The molecular formula is C23H22ClF4N3O2S. The Morgan fingerprint density at radius 2 is 1.88 bits per heavy atom. The molecule has 0 spiro atoms. The van der Waals surface area contributed by atoms with Gasteiger partial charge in [0.25, 0.3) is 0 Å². The molecule has 34 heavy (non-hydrogen) atoms. The maximum absolute atomic E-state index is 14.2. The molecule has 0 amide bonds. The van der Waals surface area contributed by atoms with Gasteiger partial charge in [0, 0.05) is 17.5 Å². The van der Waals surface area contributed by atoms with Crippen molar-refractivity contribution in [2.75, 3.05) is 0 Å². The first-order valence-corrected chi connectivity index (χ1v) is 11.3. The van der Waals surface area contributed by atoms with Crippen molar-refractivity contribution >= 4 is 28.7 Å². The van der Waals surface area contributed by atoms with Gasteiger partial charge in [0.1, 0.15) is 5.82 Å². The monoisotopic (exact) mass is 515 g/mol. The molecule has 0 saturated heterocycles. The smallest absolute Gasteiger partial charge is 0.375 e. The molecule has 3 aromatic rings. The summed E-state index contributed by atoms with van der Waals surface area (Å²) in [4.78, 5) is 20.3. The fourth-order valence-corrected chi connectivity index (χ4v) is 4.19. The summed E-state index contributed by atoms with van der Waals surface area (Å²) in [6.45, 7) is 4.70. The second-order valence-corrected chi connectivity index (χ2v) is 10.2. The van der Waals surface area contributed by atoms with Crippen LogP contribution in [0.15, 0.2) is 36.5 Å². The summed E-state index contributed by atoms with van der Waals surface area (Å²) in [6.07, 6.45) is -5.59. The molecule has 11 heteroatoms. The molecule has 1 aromatic carbocycles. The second kappa shape index (κ2) is 9.33. The molecule has 2 aromatic heterocycles. The third-order valence-electron chi connectivity index (χ3n) is 5.38. The van der Waals surface area contributed by atoms with E-state index in [1.54, 1.807) is 13.8 Å². The maximum Gasteiger partial charge on any atom is 0.422 e. The molecule has 0 aliphatic carbocycles. The van der Waals surface area contributed by atoms with E-state index in [1.807, 2.05) is 0 Å². The van der Waals surface area contributed by atoms with Crippen molar-refractivity contribution in [2.24, 2.45) is 5.73 Å². The minimum atomic E-state index is -5.15. The molecule has 1 unspecified atom stereocenters. The van der Waals surface area contributed by atoms with Crippen LogP contribution in [0.2, 0.25) is 4.47 Å². The van der Waals surface area contributed by atoms with Crippen LogP contribution >= 0.6 is 22.9 Å². The molecule has 0 saturated carbocycles. The first-order chi connectivity index (χ1) is 15.6. The van der Waals surface area contributed by atoms with Gasteiger partial charge in [0.15, 0.2) is 10.3 Å². The Balaban J connectivity index is 2.10. The number of nitrogens with two attached hydrogens (primary N) is 1. The van der Waals surface area contributed by atoms with E-state index in [2.05, 4.69) is 9.97 Å². The SMILES string of the molecule is Cc1cc(-c2cc(C(C)(C)N)cc(C(O)(CCC(=O)c3cnc(Cl)s3)C(F)(F)F)n2)ccc1F. The number of aryl methyl sites for hydroxylation is 1. The number of benzene rings is 1. The fraction of sp³-hybridized carbons (Fsp3) is 0.348. The molecule has 5 nitrogen and oxygen atoms in total. The molecule has 0 bridgehead atoms. The number of hydrogen-bond donors (Lipinski definition) is 2. The van der Waals surface area contributed by atoms with E-state index >= 15 is 0 Å². The quantitative estimate of drug-likeness (QED) is 0.301. The highest BCUT2D eigenvalue weighted by atomic mass is 35.5. The van der Waals surface area contributed by atoms with Crippen molar-refractivity contribution in [1.82, 2.24) is 9.97 Å². The Bertz CT molecular complexity index is 1220. The summed E-state index contributed by atoms with van der Waals surface area (Å²) in [5.41, 5.74) is 1.91. The molecule has 2 heterocycles. The summed E-state index contributed by atoms with van der Waals surface area (Å²) in [6, 6.07) is 6.59. The average molecular weight is 516 g/mol. The first kappa shape index (κ1) is 26.2. The summed E-state index contributed by atoms with van der Waals surface area (Å²) in [5, 5.41) is 10.9. The van der Waals surface area contributed by atoms with Crippen LogP contribution in [0, 0.1) is 12.7 Å². The molecule has 3 N–H and O–H groups in total. The number of ketones is 1. The van der Waals surface area contributed by atoms with Gasteiger partial charge >= 0.3 is 6.18 Å². The fourth-order valence-electron chi connectivity index (χ4n) is 3.28. The van der Waals surface area contributed by atoms with Crippen molar-refractivity contribution in [3.63, 3.8) is 0 Å². The topological polar surface area (TPSA) is 89.1 Å². The number of aliphatic hydroxyl groups is 1. The number of pyridine rings is 1. The van der Waals surface area contributed by atoms with Gasteiger partial charge in [-0.3, -0.25) is 4.79 Å². The van der Waals surface area contributed by atoms with E-state index in [1.165, 1.54) is 37.4 Å². The number of hydrogen-bond acceptors (Lipinski definition) is 6. The van der Waals surface area contributed by atoms with Crippen LogP contribution in [0.5, 0.6) is 0 Å². The predicted molar refractivity (Wildman–Crippen MR) is 122 cm³/mol. The number of alkyl halides is 3. The highest BCUT2D eigenvalue weighted by molar-refractivity contribution is 7.17. The Kier molecular flexibility index (Phi) is 7.19. The summed E-state index contributed by atoms with van der Waals surface area (Å²) < 4.78 is 56.5. The molecule has 0 aliphatic heterocycles. The van der Waals surface area contributed by atoms with Crippen LogP contribution in [0.3, 0.4) is 0 Å². The van der Waals surface area contributed by atoms with Crippen LogP contribution in [0.4, 0.5) is 17.6 Å². The molecule has 0 radical (unpaired) electrons. The van der Waals surface area contributed by atoms with E-state index in [-0.39, 0.29) is 26.2 Å². The lowest BCUT2D eigenvalue weighted by atomic mass is 9.86. The van der Waals surface area contributed by atoms with Gasteiger partial charge in [-0.1, -0.05) is 22.9 Å². The minimum absolute atomic E-state index is 0.0770. The Labute approximate surface area is 202 Å². The molecular weight excluding hydrogens is 494 g/mol. The van der Waals surface area contributed by atoms with Gasteiger partial charge < -0.3 is 10.8 Å². The van der Waals surface area contributed by atoms with Crippen LogP contribution in [0.1, 0.15) is 53.2 Å². The summed E-state index contributed by atoms with van der Waals surface area (Å²) in [5.74, 6) is -1.12. The standard InChI is InChI=1S/C23H22ClF4N3O2S/c1-12-8-13(4-5-15(12)25)16-9-14(21(2,3)29)10-19(31-16)22(33,23(26,27)28)7-6-17(32)18-11-30-20(24)34-18/h4-5,8-11,33H,6-7,29H2,1-3H3. The van der Waals surface area contributed by atoms with E-state index in [4.69, 9.17) is 17.3 Å². The average Bonchev–Trinajstić information content (AvgIpc) is 3.18. The van der Waals surface area contributed by atoms with Crippen molar-refractivity contribution in [1.29, 1.82) is 0 Å². The number of thiazole rings is 1. The van der Waals surface area contributed by atoms with Crippen LogP contribution in [-0.2, 0) is 11.1 Å². The van der Waals surface area contributed by atoms with Gasteiger partial charge in [-0.25, -0.2) is 14.4 Å². The van der Waals surface area contributed by atoms with E-state index < -0.39 is 47.5 Å². The number of rotatable bonds is 7. The Morgan fingerprint density at radius 3 is 2.41 bits per heavy atom. The zero-order valence-corrected chi connectivity index (χ0v) is 20.1. The van der Waals surface area contributed by atoms with Gasteiger partial charge in [0.05, 0.1) is 22.5 Å². The molecule has 0 aliphatic rings. The molecule has 3 rings (SSSR count). The lowest BCUT2D eigenvalue weighted by Gasteiger charge is -2.32. The lowest BCUT2D eigenvalue weighted by molar-refractivity contribution is -0.270. The minimum Gasteiger partial charge on any atom is -0.375 e. The third-order valence-corrected chi connectivity index (χ3v) is 6.54. The second-order valence-electron chi connectivity index (χ2n) is 8.57. The van der Waals surface area contributed by atoms with Gasteiger partial charge in [-0.15, -0.1) is 0 Å². The van der Waals surface area contributed by atoms with E-state index in [0.717, 1.165) is 17.4 Å². The number of aromatic nitrogens is 2. The predicted octanol–water partition coefficient (Wildman–Crippen LogP) is 5.91. The largest absolute Gasteiger partial charge is 0.422 e. The number of nitrogens with zero attached hydrogens (tertiary/aromatic N) is 2. The molecule has 1 atom stereocenters. The van der Waals surface area contributed by atoms with E-state index in [0.29, 0.717) is 5.56 Å². The van der Waals surface area contributed by atoms with Gasteiger partial charge in [-0.05, 0) is 68.7 Å². The number of halogens is 5. The van der Waals surface area contributed by atoms with Crippen molar-refractivity contribution in [2.45, 2.75) is 50.9 Å². The van der Waals surface area contributed by atoms with Crippen LogP contribution < -0.4 is 5.73 Å². The first-order valence-electron chi connectivity index (χ1n) is 10.1. The highest BCUT2D eigenvalue weighted by Crippen LogP contribution is 2.43. The maximum atomic E-state index is 14.2. The van der Waals surface area contributed by atoms with Gasteiger partial charge in [-0.2, -0.15) is 13.2 Å². The summed E-state index contributed by atoms with van der Waals surface area (Å²) in [7, 11) is 0. The zero-order chi connectivity index (χ0) is 25.5. The van der Waals surface area contributed by atoms with Crippen molar-refractivity contribution in [3.05, 3.63) is 68.5 Å². The lowest BCUT2D eigenvalue weighted by Crippen LogP contribution is -2.44. The Morgan fingerprint density at radius 1 is 1.21 bits per heavy atom. The molecule has 0 fully saturated rings. The van der Waals surface area contributed by atoms with Crippen molar-refractivity contribution < 1.29 is 27.5 Å². The molecule has 182 valence electrons. The van der Waals surface area contributed by atoms with Crippen LogP contribution in [0.25, 0.3) is 11.3 Å². The zero-order valence-electron chi connectivity index (χ0n) is 18.5. The highest BCUT2D eigenvalue weighted by Gasteiger charge is 2.56. The van der Waals surface area contributed by atoms with E-state index in [9.17, 15) is 27.5 Å². The number of Topliss-reactive ketones (excluding diaryl/α,β-unsaturated/α-hetero) is 1. The summed E-state index contributed by atoms with van der Waals surface area (Å²) >= 11 is 6.54. The normalized spacial score (nSPS) is 14.2. The number of carbonyl (C=O) groups is 1. The van der Waals surface area contributed by atoms with Crippen molar-refractivity contribution in [3.8, 4) is 11.3 Å². The van der Waals surface area contributed by atoms with Crippen LogP contribution in [-0.4, -0.2) is 27.0 Å². The third kappa shape index (κ3) is 5.46.